The number of carboxylic acid groups (broad SMARTS) is 1. The predicted octanol–water partition coefficient (Wildman–Crippen LogP) is 1.12. The number of benzene rings is 1. The minimum Gasteiger partial charge on any atom is -0.507 e. The molecular weight excluding hydrogens is 280 g/mol. The zero-order valence-electron chi connectivity index (χ0n) is 10.8. The van der Waals surface area contributed by atoms with Crippen molar-refractivity contribution >= 4 is 29.3 Å². The van der Waals surface area contributed by atoms with Crippen LogP contribution < -0.4 is 10.6 Å². The largest absolute Gasteiger partial charge is 0.507 e. The lowest BCUT2D eigenvalue weighted by Gasteiger charge is -2.22. The van der Waals surface area contributed by atoms with Crippen LogP contribution in [-0.2, 0) is 4.79 Å². The second kappa shape index (κ2) is 6.62. The average molecular weight is 296 g/mol. The van der Waals surface area contributed by atoms with Crippen LogP contribution in [0.4, 0.5) is 5.69 Å². The van der Waals surface area contributed by atoms with E-state index in [2.05, 4.69) is 10.6 Å². The first-order valence-electron chi connectivity index (χ1n) is 6.23. The third-order valence-electron chi connectivity index (χ3n) is 2.94. The van der Waals surface area contributed by atoms with Crippen molar-refractivity contribution in [3.8, 4) is 5.75 Å². The van der Waals surface area contributed by atoms with Crippen LogP contribution in [0.1, 0.15) is 16.8 Å². The van der Waals surface area contributed by atoms with Crippen molar-refractivity contribution in [1.82, 2.24) is 5.32 Å². The molecule has 7 heteroatoms. The summed E-state index contributed by atoms with van der Waals surface area (Å²) in [5.41, 5.74) is 0.141. The molecule has 1 unspecified atom stereocenters. The Kier molecular flexibility index (Phi) is 4.86. The number of amides is 1. The molecule has 1 saturated heterocycles. The van der Waals surface area contributed by atoms with Crippen molar-refractivity contribution < 1.29 is 19.8 Å². The number of hydrogen-bond acceptors (Lipinski definition) is 5. The quantitative estimate of drug-likeness (QED) is 0.622. The second-order valence-corrected chi connectivity index (χ2v) is 5.67. The minimum absolute atomic E-state index is 0.143. The third kappa shape index (κ3) is 3.88. The molecule has 1 aliphatic rings. The molecule has 1 fully saturated rings. The van der Waals surface area contributed by atoms with E-state index in [-0.39, 0.29) is 23.3 Å². The fourth-order valence-corrected chi connectivity index (χ4v) is 2.92. The maximum Gasteiger partial charge on any atom is 0.339 e. The third-order valence-corrected chi connectivity index (χ3v) is 4.07. The monoisotopic (exact) mass is 296 g/mol. The van der Waals surface area contributed by atoms with Crippen LogP contribution in [0.25, 0.3) is 0 Å². The van der Waals surface area contributed by atoms with E-state index in [0.29, 0.717) is 12.1 Å². The summed E-state index contributed by atoms with van der Waals surface area (Å²) >= 11 is 1.81. The highest BCUT2D eigenvalue weighted by Crippen LogP contribution is 2.21. The normalized spacial score (nSPS) is 18.5. The molecule has 1 heterocycles. The molecule has 1 aromatic carbocycles. The van der Waals surface area contributed by atoms with Crippen LogP contribution in [0.5, 0.6) is 5.75 Å². The van der Waals surface area contributed by atoms with Crippen LogP contribution in [0.15, 0.2) is 18.2 Å². The van der Waals surface area contributed by atoms with E-state index in [9.17, 15) is 14.7 Å². The fourth-order valence-electron chi connectivity index (χ4n) is 1.97. The first-order chi connectivity index (χ1) is 9.56. The van der Waals surface area contributed by atoms with Crippen molar-refractivity contribution in [2.45, 2.75) is 12.5 Å². The van der Waals surface area contributed by atoms with Gasteiger partial charge in [0, 0.05) is 36.2 Å². The van der Waals surface area contributed by atoms with Crippen molar-refractivity contribution in [3.05, 3.63) is 23.8 Å². The number of phenols is 1. The lowest BCUT2D eigenvalue weighted by Crippen LogP contribution is -2.39. The van der Waals surface area contributed by atoms with Crippen LogP contribution in [0.2, 0.25) is 0 Å². The molecule has 0 spiro atoms. The van der Waals surface area contributed by atoms with E-state index >= 15 is 0 Å². The van der Waals surface area contributed by atoms with Crippen molar-refractivity contribution in [2.24, 2.45) is 0 Å². The van der Waals surface area contributed by atoms with Crippen LogP contribution in [0, 0.1) is 0 Å². The summed E-state index contributed by atoms with van der Waals surface area (Å²) in [5, 5.41) is 24.2. The number of carbonyl (C=O) groups excluding carboxylic acids is 1. The van der Waals surface area contributed by atoms with Gasteiger partial charge in [0.05, 0.1) is 0 Å². The maximum absolute atomic E-state index is 11.9. The van der Waals surface area contributed by atoms with Crippen LogP contribution in [0.3, 0.4) is 0 Å². The summed E-state index contributed by atoms with van der Waals surface area (Å²) in [4.78, 5) is 22.8. The number of thioether (sulfide) groups is 1. The Hall–Kier alpha value is -1.73. The SMILES string of the molecule is O=C(CC1CSCCN1)Nc1ccc(O)c(C(=O)O)c1. The molecule has 20 heavy (non-hydrogen) atoms. The Morgan fingerprint density at radius 3 is 2.90 bits per heavy atom. The zero-order chi connectivity index (χ0) is 14.5. The average Bonchev–Trinajstić information content (AvgIpc) is 2.41. The van der Waals surface area contributed by atoms with Gasteiger partial charge in [-0.1, -0.05) is 0 Å². The summed E-state index contributed by atoms with van der Waals surface area (Å²) in [6.07, 6.45) is 0.344. The second-order valence-electron chi connectivity index (χ2n) is 4.52. The Morgan fingerprint density at radius 2 is 2.25 bits per heavy atom. The summed E-state index contributed by atoms with van der Waals surface area (Å²) in [5.74, 6) is 0.221. The number of aromatic hydroxyl groups is 1. The molecule has 6 nitrogen and oxygen atoms in total. The first-order valence-corrected chi connectivity index (χ1v) is 7.39. The lowest BCUT2D eigenvalue weighted by atomic mass is 10.1. The number of anilines is 1. The highest BCUT2D eigenvalue weighted by Gasteiger charge is 2.17. The van der Waals surface area contributed by atoms with Gasteiger partial charge in [0.15, 0.2) is 0 Å². The summed E-state index contributed by atoms with van der Waals surface area (Å²) in [6.45, 7) is 0.894. The number of rotatable bonds is 4. The molecule has 4 N–H and O–H groups in total. The fraction of sp³-hybridized carbons (Fsp3) is 0.385. The van der Waals surface area contributed by atoms with Crippen molar-refractivity contribution in [1.29, 1.82) is 0 Å². The molecule has 0 aliphatic carbocycles. The molecule has 2 rings (SSSR count). The van der Waals surface area contributed by atoms with Gasteiger partial charge in [-0.25, -0.2) is 4.79 Å². The van der Waals surface area contributed by atoms with Gasteiger partial charge in [-0.15, -0.1) is 0 Å². The number of hydrogen-bond donors (Lipinski definition) is 4. The highest BCUT2D eigenvalue weighted by atomic mass is 32.2. The minimum atomic E-state index is -1.23. The zero-order valence-corrected chi connectivity index (χ0v) is 11.6. The van der Waals surface area contributed by atoms with Gasteiger partial charge in [-0.3, -0.25) is 4.79 Å². The van der Waals surface area contributed by atoms with Gasteiger partial charge >= 0.3 is 5.97 Å². The van der Waals surface area contributed by atoms with Gasteiger partial charge in [-0.05, 0) is 18.2 Å². The van der Waals surface area contributed by atoms with Crippen molar-refractivity contribution in [2.75, 3.05) is 23.4 Å². The number of carboxylic acids is 1. The molecule has 0 saturated carbocycles. The first kappa shape index (κ1) is 14.7. The molecule has 0 bridgehead atoms. The highest BCUT2D eigenvalue weighted by molar-refractivity contribution is 7.99. The summed E-state index contributed by atoms with van der Waals surface area (Å²) in [6, 6.07) is 4.12. The van der Waals surface area contributed by atoms with E-state index in [1.54, 1.807) is 11.8 Å². The summed E-state index contributed by atoms with van der Waals surface area (Å²) in [7, 11) is 0. The van der Waals surface area contributed by atoms with E-state index in [1.807, 2.05) is 0 Å². The van der Waals surface area contributed by atoms with Gasteiger partial charge in [0.1, 0.15) is 11.3 Å². The van der Waals surface area contributed by atoms with Gasteiger partial charge in [-0.2, -0.15) is 11.8 Å². The van der Waals surface area contributed by atoms with E-state index in [4.69, 9.17) is 5.11 Å². The van der Waals surface area contributed by atoms with E-state index < -0.39 is 5.97 Å². The van der Waals surface area contributed by atoms with Gasteiger partial charge < -0.3 is 20.8 Å². The maximum atomic E-state index is 11.9. The number of carbonyl (C=O) groups is 2. The number of aromatic carboxylic acids is 1. The van der Waals surface area contributed by atoms with E-state index in [0.717, 1.165) is 18.1 Å². The molecule has 1 atom stereocenters. The Balaban J connectivity index is 1.96. The Morgan fingerprint density at radius 1 is 1.45 bits per heavy atom. The number of nitrogens with one attached hydrogen (secondary N) is 2. The predicted molar refractivity (Wildman–Crippen MR) is 77.4 cm³/mol. The van der Waals surface area contributed by atoms with Crippen LogP contribution >= 0.6 is 11.8 Å². The van der Waals surface area contributed by atoms with E-state index in [1.165, 1.54) is 18.2 Å². The topological polar surface area (TPSA) is 98.7 Å². The van der Waals surface area contributed by atoms with Gasteiger partial charge in [0.25, 0.3) is 0 Å². The van der Waals surface area contributed by atoms with Gasteiger partial charge in [0.2, 0.25) is 5.91 Å². The summed E-state index contributed by atoms with van der Waals surface area (Å²) < 4.78 is 0. The Labute approximate surface area is 120 Å². The molecule has 1 aromatic rings. The lowest BCUT2D eigenvalue weighted by molar-refractivity contribution is -0.116. The molecule has 108 valence electrons. The Bertz CT molecular complexity index is 515. The van der Waals surface area contributed by atoms with Crippen molar-refractivity contribution in [3.63, 3.8) is 0 Å². The van der Waals surface area contributed by atoms with Crippen LogP contribution in [-0.4, -0.2) is 46.2 Å². The molecule has 0 radical (unpaired) electrons. The standard InChI is InChI=1S/C13H16N2O4S/c16-11-2-1-8(5-10(11)13(18)19)15-12(17)6-9-7-20-4-3-14-9/h1-2,5,9,14,16H,3-4,6-7H2,(H,15,17)(H,18,19). The molecule has 1 aliphatic heterocycles. The smallest absolute Gasteiger partial charge is 0.339 e. The molecule has 1 amide bonds. The molecule has 0 aromatic heterocycles. The molecular formula is C13H16N2O4S.